The van der Waals surface area contributed by atoms with E-state index in [9.17, 15) is 9.59 Å². The van der Waals surface area contributed by atoms with Gasteiger partial charge in [-0.1, -0.05) is 25.2 Å². The number of nitrogens with zero attached hydrogens (tertiary/aromatic N) is 2. The fraction of sp³-hybridized carbons (Fsp3) is 0.375. The van der Waals surface area contributed by atoms with E-state index >= 15 is 0 Å². The predicted octanol–water partition coefficient (Wildman–Crippen LogP) is 3.27. The van der Waals surface area contributed by atoms with Gasteiger partial charge in [0.05, 0.1) is 0 Å². The summed E-state index contributed by atoms with van der Waals surface area (Å²) in [6, 6.07) is 6.68. The minimum Gasteiger partial charge on any atom is -0.481 e. The second-order valence-electron chi connectivity index (χ2n) is 5.43. The molecule has 0 spiro atoms. The maximum atomic E-state index is 12.1. The molecule has 0 bridgehead atoms. The SMILES string of the molecule is CC(=O)c1ccc(O[C@H](C)C(=O)Nc2nnc(C(C)C)s2)cc1. The molecule has 2 rings (SSSR count). The second-order valence-corrected chi connectivity index (χ2v) is 6.44. The Balaban J connectivity index is 1.95. The summed E-state index contributed by atoms with van der Waals surface area (Å²) in [6.07, 6.45) is -0.690. The molecule has 1 heterocycles. The lowest BCUT2D eigenvalue weighted by Gasteiger charge is -2.13. The molecule has 0 saturated heterocycles. The minimum absolute atomic E-state index is 0.0143. The van der Waals surface area contributed by atoms with Gasteiger partial charge in [0.25, 0.3) is 5.91 Å². The van der Waals surface area contributed by atoms with E-state index in [0.29, 0.717) is 16.4 Å². The molecule has 1 aromatic carbocycles. The predicted molar refractivity (Wildman–Crippen MR) is 89.2 cm³/mol. The number of hydrogen-bond acceptors (Lipinski definition) is 6. The summed E-state index contributed by atoms with van der Waals surface area (Å²) in [7, 11) is 0. The van der Waals surface area contributed by atoms with Crippen molar-refractivity contribution in [1.82, 2.24) is 10.2 Å². The monoisotopic (exact) mass is 333 g/mol. The minimum atomic E-state index is -0.690. The molecule has 0 fully saturated rings. The molecule has 0 saturated carbocycles. The Morgan fingerprint density at radius 1 is 1.13 bits per heavy atom. The third-order valence-corrected chi connectivity index (χ3v) is 4.25. The molecule has 0 aliphatic rings. The maximum absolute atomic E-state index is 12.1. The Labute approximate surface area is 138 Å². The Kier molecular flexibility index (Phi) is 5.44. The molecule has 1 atom stereocenters. The molecule has 0 unspecified atom stereocenters. The van der Waals surface area contributed by atoms with Crippen LogP contribution in [0.15, 0.2) is 24.3 Å². The average molecular weight is 333 g/mol. The number of benzene rings is 1. The van der Waals surface area contributed by atoms with Crippen molar-refractivity contribution in [3.05, 3.63) is 34.8 Å². The maximum Gasteiger partial charge on any atom is 0.266 e. The topological polar surface area (TPSA) is 81.2 Å². The van der Waals surface area contributed by atoms with E-state index in [1.807, 2.05) is 13.8 Å². The normalized spacial score (nSPS) is 12.0. The van der Waals surface area contributed by atoms with Crippen LogP contribution in [0.25, 0.3) is 0 Å². The third kappa shape index (κ3) is 4.59. The van der Waals surface area contributed by atoms with E-state index in [2.05, 4.69) is 15.5 Å². The molecule has 1 amide bonds. The van der Waals surface area contributed by atoms with Gasteiger partial charge >= 0.3 is 0 Å². The molecule has 122 valence electrons. The van der Waals surface area contributed by atoms with Gasteiger partial charge in [-0.2, -0.15) is 0 Å². The van der Waals surface area contributed by atoms with Crippen molar-refractivity contribution >= 4 is 28.2 Å². The van der Waals surface area contributed by atoms with Crippen LogP contribution in [-0.2, 0) is 4.79 Å². The summed E-state index contributed by atoms with van der Waals surface area (Å²) in [4.78, 5) is 23.3. The van der Waals surface area contributed by atoms with E-state index in [1.165, 1.54) is 18.3 Å². The van der Waals surface area contributed by atoms with Gasteiger partial charge in [-0.25, -0.2) is 0 Å². The number of ketones is 1. The molecular formula is C16H19N3O3S. The zero-order valence-electron chi connectivity index (χ0n) is 13.5. The summed E-state index contributed by atoms with van der Waals surface area (Å²) in [5.41, 5.74) is 0.601. The molecule has 1 aromatic heterocycles. The van der Waals surface area contributed by atoms with Crippen molar-refractivity contribution in [1.29, 1.82) is 0 Å². The highest BCUT2D eigenvalue weighted by atomic mass is 32.1. The summed E-state index contributed by atoms with van der Waals surface area (Å²) in [6.45, 7) is 7.18. The van der Waals surface area contributed by atoms with E-state index in [4.69, 9.17) is 4.74 Å². The number of rotatable bonds is 6. The molecule has 0 aliphatic heterocycles. The molecular weight excluding hydrogens is 314 g/mol. The fourth-order valence-electron chi connectivity index (χ4n) is 1.75. The number of nitrogens with one attached hydrogen (secondary N) is 1. The smallest absolute Gasteiger partial charge is 0.266 e. The van der Waals surface area contributed by atoms with E-state index in [1.54, 1.807) is 31.2 Å². The number of carbonyl (C=O) groups excluding carboxylic acids is 2. The number of anilines is 1. The van der Waals surface area contributed by atoms with Gasteiger partial charge in [-0.15, -0.1) is 10.2 Å². The summed E-state index contributed by atoms with van der Waals surface area (Å²) in [5, 5.41) is 12.0. The highest BCUT2D eigenvalue weighted by molar-refractivity contribution is 7.15. The van der Waals surface area contributed by atoms with Crippen LogP contribution in [-0.4, -0.2) is 28.0 Å². The van der Waals surface area contributed by atoms with Gasteiger partial charge in [0.15, 0.2) is 11.9 Å². The van der Waals surface area contributed by atoms with E-state index in [0.717, 1.165) is 5.01 Å². The molecule has 0 radical (unpaired) electrons. The van der Waals surface area contributed by atoms with Crippen molar-refractivity contribution in [2.45, 2.75) is 39.7 Å². The number of ether oxygens (including phenoxy) is 1. The van der Waals surface area contributed by atoms with Crippen molar-refractivity contribution in [3.63, 3.8) is 0 Å². The molecule has 6 nitrogen and oxygen atoms in total. The quantitative estimate of drug-likeness (QED) is 0.821. The van der Waals surface area contributed by atoms with Crippen LogP contribution in [0.4, 0.5) is 5.13 Å². The Morgan fingerprint density at radius 2 is 1.78 bits per heavy atom. The Morgan fingerprint density at radius 3 is 2.30 bits per heavy atom. The second kappa shape index (κ2) is 7.32. The average Bonchev–Trinajstić information content (AvgIpc) is 2.96. The molecule has 23 heavy (non-hydrogen) atoms. The molecule has 1 N–H and O–H groups in total. The number of hydrogen-bond donors (Lipinski definition) is 1. The number of amides is 1. The molecule has 2 aromatic rings. The van der Waals surface area contributed by atoms with Gasteiger partial charge in [0, 0.05) is 11.5 Å². The van der Waals surface area contributed by atoms with E-state index < -0.39 is 6.10 Å². The van der Waals surface area contributed by atoms with Crippen LogP contribution in [0.3, 0.4) is 0 Å². The van der Waals surface area contributed by atoms with Gasteiger partial charge in [-0.3, -0.25) is 14.9 Å². The van der Waals surface area contributed by atoms with Crippen LogP contribution in [0, 0.1) is 0 Å². The van der Waals surface area contributed by atoms with E-state index in [-0.39, 0.29) is 17.6 Å². The van der Waals surface area contributed by atoms with Crippen LogP contribution in [0.5, 0.6) is 5.75 Å². The lowest BCUT2D eigenvalue weighted by Crippen LogP contribution is -2.30. The number of carbonyl (C=O) groups is 2. The van der Waals surface area contributed by atoms with Gasteiger partial charge < -0.3 is 4.74 Å². The van der Waals surface area contributed by atoms with Crippen LogP contribution >= 0.6 is 11.3 Å². The van der Waals surface area contributed by atoms with Crippen molar-refractivity contribution in [2.24, 2.45) is 0 Å². The zero-order valence-corrected chi connectivity index (χ0v) is 14.3. The van der Waals surface area contributed by atoms with Crippen LogP contribution in [0.2, 0.25) is 0 Å². The van der Waals surface area contributed by atoms with Gasteiger partial charge in [0.1, 0.15) is 10.8 Å². The van der Waals surface area contributed by atoms with Crippen LogP contribution < -0.4 is 10.1 Å². The highest BCUT2D eigenvalue weighted by Gasteiger charge is 2.17. The highest BCUT2D eigenvalue weighted by Crippen LogP contribution is 2.22. The first-order chi connectivity index (χ1) is 10.9. The third-order valence-electron chi connectivity index (χ3n) is 3.11. The summed E-state index contributed by atoms with van der Waals surface area (Å²) >= 11 is 1.35. The lowest BCUT2D eigenvalue weighted by molar-refractivity contribution is -0.122. The van der Waals surface area contributed by atoms with Gasteiger partial charge in [0.2, 0.25) is 5.13 Å². The lowest BCUT2D eigenvalue weighted by atomic mass is 10.1. The standard InChI is InChI=1S/C16H19N3O3S/c1-9(2)15-18-19-16(23-15)17-14(21)11(4)22-13-7-5-12(6-8-13)10(3)20/h5-9,11H,1-4H3,(H,17,19,21)/t11-/m1/s1. The zero-order chi connectivity index (χ0) is 17.0. The van der Waals surface area contributed by atoms with Crippen molar-refractivity contribution < 1.29 is 14.3 Å². The van der Waals surface area contributed by atoms with Crippen molar-refractivity contribution in [3.8, 4) is 5.75 Å². The summed E-state index contributed by atoms with van der Waals surface area (Å²) in [5.74, 6) is 0.482. The first-order valence-electron chi connectivity index (χ1n) is 7.28. The Hall–Kier alpha value is -2.28. The summed E-state index contributed by atoms with van der Waals surface area (Å²) < 4.78 is 5.57. The Bertz CT molecular complexity index is 695. The first-order valence-corrected chi connectivity index (χ1v) is 8.10. The van der Waals surface area contributed by atoms with Gasteiger partial charge in [-0.05, 0) is 38.1 Å². The number of aromatic nitrogens is 2. The van der Waals surface area contributed by atoms with Crippen molar-refractivity contribution in [2.75, 3.05) is 5.32 Å². The first kappa shape index (κ1) is 17.1. The molecule has 7 heteroatoms. The number of Topliss-reactive ketones (excluding diaryl/α,β-unsaturated/α-hetero) is 1. The fourth-order valence-corrected chi connectivity index (χ4v) is 2.50. The molecule has 0 aliphatic carbocycles. The van der Waals surface area contributed by atoms with Crippen LogP contribution in [0.1, 0.15) is 49.0 Å². The largest absolute Gasteiger partial charge is 0.481 e.